The van der Waals surface area contributed by atoms with Crippen LogP contribution in [0, 0.1) is 0 Å². The number of nitrogens with one attached hydrogen (secondary N) is 1. The van der Waals surface area contributed by atoms with Gasteiger partial charge in [0.2, 0.25) is 0 Å². The van der Waals surface area contributed by atoms with E-state index in [1.165, 1.54) is 0 Å². The highest BCUT2D eigenvalue weighted by Crippen LogP contribution is 2.35. The standard InChI is InChI=1S/C13H12BrCl2NS/c1-2-17-12(13-11(16)5-6-18-13)8-3-4-10(15)9(14)7-8/h3-7,12,17H,2H2,1H3. The highest BCUT2D eigenvalue weighted by molar-refractivity contribution is 9.10. The number of rotatable bonds is 4. The lowest BCUT2D eigenvalue weighted by molar-refractivity contribution is 0.639. The molecule has 96 valence electrons. The third-order valence-electron chi connectivity index (χ3n) is 2.59. The van der Waals surface area contributed by atoms with Gasteiger partial charge in [-0.1, -0.05) is 36.2 Å². The summed E-state index contributed by atoms with van der Waals surface area (Å²) in [6.45, 7) is 2.96. The summed E-state index contributed by atoms with van der Waals surface area (Å²) in [5.74, 6) is 0. The van der Waals surface area contributed by atoms with Crippen molar-refractivity contribution in [3.05, 3.63) is 54.6 Å². The molecule has 0 aliphatic carbocycles. The third kappa shape index (κ3) is 3.09. The van der Waals surface area contributed by atoms with E-state index in [0.29, 0.717) is 5.02 Å². The Labute approximate surface area is 129 Å². The van der Waals surface area contributed by atoms with Crippen LogP contribution in [0.4, 0.5) is 0 Å². The monoisotopic (exact) mass is 363 g/mol. The molecule has 1 N–H and O–H groups in total. The average Bonchev–Trinajstić information content (AvgIpc) is 2.76. The van der Waals surface area contributed by atoms with Crippen LogP contribution in [0.3, 0.4) is 0 Å². The predicted molar refractivity (Wildman–Crippen MR) is 84.0 cm³/mol. The summed E-state index contributed by atoms with van der Waals surface area (Å²) >= 11 is 17.4. The van der Waals surface area contributed by atoms with E-state index in [-0.39, 0.29) is 6.04 Å². The quantitative estimate of drug-likeness (QED) is 0.753. The first kappa shape index (κ1) is 14.4. The minimum absolute atomic E-state index is 0.107. The number of hydrogen-bond acceptors (Lipinski definition) is 2. The van der Waals surface area contributed by atoms with E-state index in [4.69, 9.17) is 23.2 Å². The molecule has 0 fully saturated rings. The highest BCUT2D eigenvalue weighted by Gasteiger charge is 2.18. The molecule has 18 heavy (non-hydrogen) atoms. The minimum atomic E-state index is 0.107. The van der Waals surface area contributed by atoms with Crippen LogP contribution >= 0.6 is 50.5 Å². The normalized spacial score (nSPS) is 12.7. The fraction of sp³-hybridized carbons (Fsp3) is 0.231. The summed E-state index contributed by atoms with van der Waals surface area (Å²) in [5, 5.41) is 6.97. The van der Waals surface area contributed by atoms with Crippen LogP contribution in [0.15, 0.2) is 34.1 Å². The second-order valence-corrected chi connectivity index (χ2v) is 6.41. The molecule has 1 heterocycles. The zero-order chi connectivity index (χ0) is 13.1. The van der Waals surface area contributed by atoms with E-state index in [1.807, 2.05) is 29.6 Å². The van der Waals surface area contributed by atoms with Crippen LogP contribution in [0.5, 0.6) is 0 Å². The number of benzene rings is 1. The summed E-state index contributed by atoms with van der Waals surface area (Å²) in [5.41, 5.74) is 1.15. The van der Waals surface area contributed by atoms with Gasteiger partial charge in [0.15, 0.2) is 0 Å². The lowest BCUT2D eigenvalue weighted by Crippen LogP contribution is -2.21. The lowest BCUT2D eigenvalue weighted by atomic mass is 10.1. The number of thiophene rings is 1. The van der Waals surface area contributed by atoms with Crippen molar-refractivity contribution in [1.29, 1.82) is 0 Å². The summed E-state index contributed by atoms with van der Waals surface area (Å²) < 4.78 is 0.900. The fourth-order valence-electron chi connectivity index (χ4n) is 1.77. The van der Waals surface area contributed by atoms with Gasteiger partial charge in [0, 0.05) is 9.35 Å². The first-order valence-corrected chi connectivity index (χ1v) is 7.97. The summed E-state index contributed by atoms with van der Waals surface area (Å²) in [6.07, 6.45) is 0. The molecule has 2 rings (SSSR count). The van der Waals surface area contributed by atoms with E-state index in [2.05, 4.69) is 28.2 Å². The Kier molecular flexibility index (Phi) is 5.10. The Morgan fingerprint density at radius 1 is 1.28 bits per heavy atom. The Bertz CT molecular complexity index is 542. The van der Waals surface area contributed by atoms with Crippen LogP contribution in [-0.2, 0) is 0 Å². The first-order valence-electron chi connectivity index (χ1n) is 5.54. The Balaban J connectivity index is 2.41. The topological polar surface area (TPSA) is 12.0 Å². The van der Waals surface area contributed by atoms with Crippen molar-refractivity contribution in [3.8, 4) is 0 Å². The molecular formula is C13H12BrCl2NS. The molecule has 0 saturated heterocycles. The molecule has 0 amide bonds. The molecule has 2 aromatic rings. The van der Waals surface area contributed by atoms with Crippen LogP contribution in [0.2, 0.25) is 10.0 Å². The maximum absolute atomic E-state index is 6.22. The molecule has 0 aliphatic rings. The van der Waals surface area contributed by atoms with Crippen molar-refractivity contribution in [2.45, 2.75) is 13.0 Å². The van der Waals surface area contributed by atoms with Crippen LogP contribution in [0.25, 0.3) is 0 Å². The maximum atomic E-state index is 6.22. The van der Waals surface area contributed by atoms with Gasteiger partial charge in [-0.2, -0.15) is 0 Å². The molecule has 1 nitrogen and oxygen atoms in total. The van der Waals surface area contributed by atoms with Gasteiger partial charge in [0.1, 0.15) is 0 Å². The van der Waals surface area contributed by atoms with Crippen molar-refractivity contribution in [1.82, 2.24) is 5.32 Å². The third-order valence-corrected chi connectivity index (χ3v) is 5.23. The van der Waals surface area contributed by atoms with Crippen LogP contribution in [-0.4, -0.2) is 6.54 Å². The second-order valence-electron chi connectivity index (χ2n) is 3.80. The number of halogens is 3. The van der Waals surface area contributed by atoms with Gasteiger partial charge in [0.05, 0.1) is 16.1 Å². The summed E-state index contributed by atoms with van der Waals surface area (Å²) in [6, 6.07) is 7.99. The van der Waals surface area contributed by atoms with Crippen molar-refractivity contribution >= 4 is 50.5 Å². The SMILES string of the molecule is CCNC(c1ccc(Cl)c(Br)c1)c1sccc1Cl. The van der Waals surface area contributed by atoms with E-state index < -0.39 is 0 Å². The maximum Gasteiger partial charge on any atom is 0.0686 e. The van der Waals surface area contributed by atoms with Crippen molar-refractivity contribution in [2.75, 3.05) is 6.54 Å². The fourth-order valence-corrected chi connectivity index (χ4v) is 3.55. The van der Waals surface area contributed by atoms with E-state index >= 15 is 0 Å². The molecule has 1 atom stereocenters. The van der Waals surface area contributed by atoms with Crippen LogP contribution < -0.4 is 5.32 Å². The summed E-state index contributed by atoms with van der Waals surface area (Å²) in [4.78, 5) is 1.13. The Morgan fingerprint density at radius 3 is 2.61 bits per heavy atom. The molecule has 1 aromatic carbocycles. The van der Waals surface area contributed by atoms with Gasteiger partial charge in [-0.3, -0.25) is 0 Å². The van der Waals surface area contributed by atoms with Crippen LogP contribution in [0.1, 0.15) is 23.4 Å². The molecule has 1 unspecified atom stereocenters. The highest BCUT2D eigenvalue weighted by atomic mass is 79.9. The van der Waals surface area contributed by atoms with E-state index in [9.17, 15) is 0 Å². The number of hydrogen-bond donors (Lipinski definition) is 1. The molecule has 0 bridgehead atoms. The zero-order valence-corrected chi connectivity index (χ0v) is 13.6. The molecule has 5 heteroatoms. The Hall–Kier alpha value is -0.0600. The van der Waals surface area contributed by atoms with Gasteiger partial charge >= 0.3 is 0 Å². The van der Waals surface area contributed by atoms with E-state index in [0.717, 1.165) is 26.5 Å². The largest absolute Gasteiger partial charge is 0.306 e. The molecule has 0 spiro atoms. The Morgan fingerprint density at radius 2 is 2.06 bits per heavy atom. The van der Waals surface area contributed by atoms with Gasteiger partial charge in [-0.15, -0.1) is 11.3 Å². The predicted octanol–water partition coefficient (Wildman–Crippen LogP) is 5.52. The molecule has 0 saturated carbocycles. The van der Waals surface area contributed by atoms with Crippen molar-refractivity contribution < 1.29 is 0 Å². The molecule has 1 aromatic heterocycles. The second kappa shape index (κ2) is 6.40. The van der Waals surface area contributed by atoms with Gasteiger partial charge in [0.25, 0.3) is 0 Å². The first-order chi connectivity index (χ1) is 8.63. The average molecular weight is 365 g/mol. The zero-order valence-electron chi connectivity index (χ0n) is 9.71. The lowest BCUT2D eigenvalue weighted by Gasteiger charge is -2.18. The van der Waals surface area contributed by atoms with Crippen molar-refractivity contribution in [2.24, 2.45) is 0 Å². The molecule has 0 radical (unpaired) electrons. The smallest absolute Gasteiger partial charge is 0.0686 e. The van der Waals surface area contributed by atoms with Gasteiger partial charge in [-0.25, -0.2) is 0 Å². The molecule has 0 aliphatic heterocycles. The summed E-state index contributed by atoms with van der Waals surface area (Å²) in [7, 11) is 0. The van der Waals surface area contributed by atoms with Gasteiger partial charge < -0.3 is 5.32 Å². The van der Waals surface area contributed by atoms with Crippen molar-refractivity contribution in [3.63, 3.8) is 0 Å². The van der Waals surface area contributed by atoms with E-state index in [1.54, 1.807) is 11.3 Å². The molecular weight excluding hydrogens is 353 g/mol. The van der Waals surface area contributed by atoms with Gasteiger partial charge in [-0.05, 0) is 51.6 Å². The minimum Gasteiger partial charge on any atom is -0.306 e.